The van der Waals surface area contributed by atoms with Crippen LogP contribution in [-0.2, 0) is 4.74 Å². The lowest BCUT2D eigenvalue weighted by Crippen LogP contribution is -2.42. The molecule has 1 N–H and O–H groups in total. The van der Waals surface area contributed by atoms with Crippen LogP contribution in [0.4, 0.5) is 0 Å². The quantitative estimate of drug-likeness (QED) is 0.818. The SMILES string of the molecule is CCCOc1ccc(C(=O)OC(C)(C)C2CCNCC2)cc1. The Kier molecular flexibility index (Phi) is 5.83. The Hall–Kier alpha value is -1.55. The van der Waals surface area contributed by atoms with E-state index < -0.39 is 5.60 Å². The highest BCUT2D eigenvalue weighted by Gasteiger charge is 2.34. The van der Waals surface area contributed by atoms with E-state index in [2.05, 4.69) is 12.2 Å². The molecule has 0 amide bonds. The molecule has 0 radical (unpaired) electrons. The van der Waals surface area contributed by atoms with E-state index in [1.54, 1.807) is 12.1 Å². The Balaban J connectivity index is 1.95. The highest BCUT2D eigenvalue weighted by molar-refractivity contribution is 5.89. The zero-order chi connectivity index (χ0) is 16.0. The average molecular weight is 305 g/mol. The zero-order valence-corrected chi connectivity index (χ0v) is 13.9. The highest BCUT2D eigenvalue weighted by Crippen LogP contribution is 2.30. The fourth-order valence-electron chi connectivity index (χ4n) is 2.81. The van der Waals surface area contributed by atoms with Crippen LogP contribution in [0.2, 0.25) is 0 Å². The van der Waals surface area contributed by atoms with Crippen LogP contribution in [0.5, 0.6) is 5.75 Å². The second-order valence-electron chi connectivity index (χ2n) is 6.39. The van der Waals surface area contributed by atoms with E-state index in [9.17, 15) is 4.79 Å². The molecule has 1 aromatic rings. The second kappa shape index (κ2) is 7.63. The van der Waals surface area contributed by atoms with Gasteiger partial charge in [-0.2, -0.15) is 0 Å². The normalized spacial score (nSPS) is 16.3. The minimum Gasteiger partial charge on any atom is -0.494 e. The van der Waals surface area contributed by atoms with Gasteiger partial charge < -0.3 is 14.8 Å². The van der Waals surface area contributed by atoms with Gasteiger partial charge in [0.2, 0.25) is 0 Å². The number of ether oxygens (including phenoxy) is 2. The second-order valence-corrected chi connectivity index (χ2v) is 6.39. The van der Waals surface area contributed by atoms with Gasteiger partial charge in [0.05, 0.1) is 12.2 Å². The van der Waals surface area contributed by atoms with E-state index in [1.165, 1.54) is 0 Å². The monoisotopic (exact) mass is 305 g/mol. The summed E-state index contributed by atoms with van der Waals surface area (Å²) in [5.41, 5.74) is 0.141. The van der Waals surface area contributed by atoms with Gasteiger partial charge in [-0.1, -0.05) is 6.92 Å². The van der Waals surface area contributed by atoms with Gasteiger partial charge in [0.15, 0.2) is 0 Å². The first-order valence-corrected chi connectivity index (χ1v) is 8.20. The Labute approximate surface area is 133 Å². The van der Waals surface area contributed by atoms with Crippen molar-refractivity contribution in [1.29, 1.82) is 0 Å². The first kappa shape index (κ1) is 16.8. The summed E-state index contributed by atoms with van der Waals surface area (Å²) in [6.45, 7) is 8.77. The lowest BCUT2D eigenvalue weighted by Gasteiger charge is -2.36. The third-order valence-electron chi connectivity index (χ3n) is 4.24. The van der Waals surface area contributed by atoms with E-state index >= 15 is 0 Å². The maximum Gasteiger partial charge on any atom is 0.338 e. The Morgan fingerprint density at radius 1 is 1.23 bits per heavy atom. The van der Waals surface area contributed by atoms with Gasteiger partial charge in [-0.05, 0) is 70.5 Å². The molecule has 1 aliphatic heterocycles. The minimum atomic E-state index is -0.434. The van der Waals surface area contributed by atoms with Crippen LogP contribution in [0.15, 0.2) is 24.3 Å². The maximum absolute atomic E-state index is 12.3. The molecule has 0 saturated carbocycles. The summed E-state index contributed by atoms with van der Waals surface area (Å²) in [5.74, 6) is 0.937. The van der Waals surface area contributed by atoms with Gasteiger partial charge >= 0.3 is 5.97 Å². The summed E-state index contributed by atoms with van der Waals surface area (Å²) in [5, 5.41) is 3.34. The molecule has 2 rings (SSSR count). The zero-order valence-electron chi connectivity index (χ0n) is 13.9. The smallest absolute Gasteiger partial charge is 0.338 e. The van der Waals surface area contributed by atoms with Crippen molar-refractivity contribution in [2.75, 3.05) is 19.7 Å². The number of hydrogen-bond acceptors (Lipinski definition) is 4. The van der Waals surface area contributed by atoms with Crippen molar-refractivity contribution in [1.82, 2.24) is 5.32 Å². The first-order valence-electron chi connectivity index (χ1n) is 8.20. The highest BCUT2D eigenvalue weighted by atomic mass is 16.6. The minimum absolute atomic E-state index is 0.259. The lowest BCUT2D eigenvalue weighted by molar-refractivity contribution is -0.0368. The average Bonchev–Trinajstić information content (AvgIpc) is 2.54. The van der Waals surface area contributed by atoms with E-state index in [4.69, 9.17) is 9.47 Å². The molecule has 0 aliphatic carbocycles. The first-order chi connectivity index (χ1) is 10.5. The predicted molar refractivity (Wildman–Crippen MR) is 87.3 cm³/mol. The summed E-state index contributed by atoms with van der Waals surface area (Å²) in [7, 11) is 0. The maximum atomic E-state index is 12.3. The van der Waals surface area contributed by atoms with Gasteiger partial charge in [-0.25, -0.2) is 4.79 Å². The Morgan fingerprint density at radius 2 is 1.86 bits per heavy atom. The third-order valence-corrected chi connectivity index (χ3v) is 4.24. The molecule has 4 nitrogen and oxygen atoms in total. The van der Waals surface area contributed by atoms with Gasteiger partial charge in [0.1, 0.15) is 11.4 Å². The summed E-state index contributed by atoms with van der Waals surface area (Å²) in [6.07, 6.45) is 3.06. The molecule has 1 heterocycles. The van der Waals surface area contributed by atoms with E-state index in [1.807, 2.05) is 26.0 Å². The third kappa shape index (κ3) is 4.47. The van der Waals surface area contributed by atoms with Crippen LogP contribution < -0.4 is 10.1 Å². The van der Waals surface area contributed by atoms with Crippen LogP contribution in [0.25, 0.3) is 0 Å². The molecular weight excluding hydrogens is 278 g/mol. The molecule has 1 aromatic carbocycles. The molecule has 22 heavy (non-hydrogen) atoms. The largest absolute Gasteiger partial charge is 0.494 e. The number of piperidine rings is 1. The number of esters is 1. The van der Waals surface area contributed by atoms with Crippen LogP contribution in [0.3, 0.4) is 0 Å². The summed E-state index contributed by atoms with van der Waals surface area (Å²) < 4.78 is 11.3. The van der Waals surface area contributed by atoms with Crippen LogP contribution in [-0.4, -0.2) is 31.3 Å². The number of carbonyl (C=O) groups is 1. The molecule has 4 heteroatoms. The van der Waals surface area contributed by atoms with Crippen LogP contribution in [0, 0.1) is 5.92 Å². The predicted octanol–water partition coefficient (Wildman–Crippen LogP) is 3.41. The number of nitrogens with one attached hydrogen (secondary N) is 1. The standard InChI is InChI=1S/C18H27NO3/c1-4-13-21-16-7-5-14(6-8-16)17(20)22-18(2,3)15-9-11-19-12-10-15/h5-8,15,19H,4,9-13H2,1-3H3. The molecule has 0 unspecified atom stereocenters. The van der Waals surface area contributed by atoms with Gasteiger partial charge in [-0.15, -0.1) is 0 Å². The van der Waals surface area contributed by atoms with Crippen molar-refractivity contribution in [3.05, 3.63) is 29.8 Å². The van der Waals surface area contributed by atoms with E-state index in [0.717, 1.165) is 38.1 Å². The molecule has 0 aromatic heterocycles. The van der Waals surface area contributed by atoms with Crippen molar-refractivity contribution < 1.29 is 14.3 Å². The molecule has 0 bridgehead atoms. The van der Waals surface area contributed by atoms with E-state index in [0.29, 0.717) is 18.1 Å². The van der Waals surface area contributed by atoms with Gasteiger partial charge in [0.25, 0.3) is 0 Å². The lowest BCUT2D eigenvalue weighted by atomic mass is 9.83. The molecular formula is C18H27NO3. The summed E-state index contributed by atoms with van der Waals surface area (Å²) in [6, 6.07) is 7.19. The number of carbonyl (C=O) groups excluding carboxylic acids is 1. The molecule has 1 aliphatic rings. The molecule has 0 spiro atoms. The number of rotatable bonds is 6. The molecule has 1 fully saturated rings. The van der Waals surface area contributed by atoms with Crippen molar-refractivity contribution in [3.8, 4) is 5.75 Å². The fraction of sp³-hybridized carbons (Fsp3) is 0.611. The number of benzene rings is 1. The van der Waals surface area contributed by atoms with Crippen molar-refractivity contribution in [2.24, 2.45) is 5.92 Å². The fourth-order valence-corrected chi connectivity index (χ4v) is 2.81. The topological polar surface area (TPSA) is 47.6 Å². The van der Waals surface area contributed by atoms with Crippen molar-refractivity contribution in [2.45, 2.75) is 45.6 Å². The van der Waals surface area contributed by atoms with Crippen LogP contribution in [0.1, 0.15) is 50.4 Å². The van der Waals surface area contributed by atoms with Crippen LogP contribution >= 0.6 is 0 Å². The molecule has 1 saturated heterocycles. The van der Waals surface area contributed by atoms with Crippen molar-refractivity contribution in [3.63, 3.8) is 0 Å². The Bertz CT molecular complexity index is 476. The Morgan fingerprint density at radius 3 is 2.45 bits per heavy atom. The van der Waals surface area contributed by atoms with E-state index in [-0.39, 0.29) is 5.97 Å². The molecule has 122 valence electrons. The van der Waals surface area contributed by atoms with Crippen molar-refractivity contribution >= 4 is 5.97 Å². The summed E-state index contributed by atoms with van der Waals surface area (Å²) >= 11 is 0. The summed E-state index contributed by atoms with van der Waals surface area (Å²) in [4.78, 5) is 12.3. The molecule has 0 atom stereocenters. The van der Waals surface area contributed by atoms with Gasteiger partial charge in [0, 0.05) is 5.92 Å². The van der Waals surface area contributed by atoms with Gasteiger partial charge in [-0.3, -0.25) is 0 Å². The number of hydrogen-bond donors (Lipinski definition) is 1.